The fourth-order valence-electron chi connectivity index (χ4n) is 2.54. The number of esters is 1. The van der Waals surface area contributed by atoms with E-state index < -0.39 is 8.07 Å². The molecule has 25 heavy (non-hydrogen) atoms. The summed E-state index contributed by atoms with van der Waals surface area (Å²) in [5.74, 6) is 0.342. The molecule has 2 rings (SSSR count). The van der Waals surface area contributed by atoms with Crippen molar-refractivity contribution in [1.82, 2.24) is 4.57 Å². The zero-order valence-corrected chi connectivity index (χ0v) is 18.1. The molecule has 2 aromatic rings. The van der Waals surface area contributed by atoms with Gasteiger partial charge in [0.25, 0.3) is 0 Å². The second-order valence-corrected chi connectivity index (χ2v) is 13.5. The van der Waals surface area contributed by atoms with Gasteiger partial charge in [0.05, 0.1) is 23.7 Å². The highest BCUT2D eigenvalue weighted by atomic mass is 79.9. The van der Waals surface area contributed by atoms with Crippen LogP contribution in [0, 0.1) is 0 Å². The number of hydrogen-bond acceptors (Lipinski definition) is 4. The van der Waals surface area contributed by atoms with Crippen LogP contribution in [0.1, 0.15) is 17.4 Å². The van der Waals surface area contributed by atoms with Crippen molar-refractivity contribution in [3.05, 3.63) is 28.4 Å². The average molecular weight is 428 g/mol. The number of fused-ring (bicyclic) bond motifs is 1. The normalized spacial score (nSPS) is 11.8. The van der Waals surface area contributed by atoms with Gasteiger partial charge in [-0.2, -0.15) is 0 Å². The zero-order valence-electron chi connectivity index (χ0n) is 15.5. The molecule has 0 unspecified atom stereocenters. The average Bonchev–Trinajstić information content (AvgIpc) is 2.89. The van der Waals surface area contributed by atoms with E-state index in [0.717, 1.165) is 21.4 Å². The first-order chi connectivity index (χ1) is 11.8. The van der Waals surface area contributed by atoms with Crippen molar-refractivity contribution in [2.75, 3.05) is 20.3 Å². The first-order valence-corrected chi connectivity index (χ1v) is 12.9. The Morgan fingerprint density at radius 3 is 2.60 bits per heavy atom. The Balaban J connectivity index is 2.37. The minimum Gasteiger partial charge on any atom is -0.495 e. The zero-order chi connectivity index (χ0) is 18.6. The third-order valence-electron chi connectivity index (χ3n) is 3.89. The van der Waals surface area contributed by atoms with Crippen LogP contribution in [0.15, 0.2) is 22.7 Å². The van der Waals surface area contributed by atoms with E-state index in [-0.39, 0.29) is 5.97 Å². The maximum absolute atomic E-state index is 12.4. The molecule has 1 aromatic heterocycles. The fraction of sp³-hybridized carbons (Fsp3) is 0.500. The number of halogens is 1. The van der Waals surface area contributed by atoms with Crippen LogP contribution >= 0.6 is 15.9 Å². The molecule has 5 nitrogen and oxygen atoms in total. The van der Waals surface area contributed by atoms with E-state index in [1.165, 1.54) is 0 Å². The van der Waals surface area contributed by atoms with Crippen LogP contribution in [0.3, 0.4) is 0 Å². The summed E-state index contributed by atoms with van der Waals surface area (Å²) in [6.07, 6.45) is 0. The van der Waals surface area contributed by atoms with Gasteiger partial charge >= 0.3 is 5.97 Å². The van der Waals surface area contributed by atoms with E-state index in [1.54, 1.807) is 20.1 Å². The van der Waals surface area contributed by atoms with Crippen molar-refractivity contribution in [1.29, 1.82) is 0 Å². The van der Waals surface area contributed by atoms with Crippen LogP contribution in [0.5, 0.6) is 5.75 Å². The van der Waals surface area contributed by atoms with E-state index >= 15 is 0 Å². The van der Waals surface area contributed by atoms with Gasteiger partial charge in [0.15, 0.2) is 0 Å². The number of hydrogen-bond donors (Lipinski definition) is 0. The number of rotatable bonds is 8. The molecule has 0 bridgehead atoms. The summed E-state index contributed by atoms with van der Waals surface area (Å²) in [7, 11) is 0.461. The molecule has 0 spiro atoms. The monoisotopic (exact) mass is 427 g/mol. The van der Waals surface area contributed by atoms with E-state index in [4.69, 9.17) is 14.2 Å². The Morgan fingerprint density at radius 1 is 1.28 bits per heavy atom. The molecule has 0 atom stereocenters. The minimum atomic E-state index is -1.16. The topological polar surface area (TPSA) is 49.7 Å². The van der Waals surface area contributed by atoms with E-state index in [2.05, 4.69) is 35.6 Å². The summed E-state index contributed by atoms with van der Waals surface area (Å²) in [4.78, 5) is 12.4. The number of carbonyl (C=O) groups excluding carboxylic acids is 1. The number of ether oxygens (including phenoxy) is 3. The van der Waals surface area contributed by atoms with Gasteiger partial charge in [0, 0.05) is 20.1 Å². The molecule has 0 radical (unpaired) electrons. The van der Waals surface area contributed by atoms with Crippen molar-refractivity contribution in [2.24, 2.45) is 0 Å². The molecule has 1 heterocycles. The lowest BCUT2D eigenvalue weighted by molar-refractivity contribution is 0.0478. The Morgan fingerprint density at radius 2 is 2.00 bits per heavy atom. The summed E-state index contributed by atoms with van der Waals surface area (Å²) < 4.78 is 19.3. The Kier molecular flexibility index (Phi) is 6.70. The molecular formula is C18H26BrNO4Si. The van der Waals surface area contributed by atoms with Crippen molar-refractivity contribution in [2.45, 2.75) is 39.3 Å². The largest absolute Gasteiger partial charge is 0.495 e. The molecule has 0 fully saturated rings. The molecule has 0 aliphatic heterocycles. The van der Waals surface area contributed by atoms with E-state index in [9.17, 15) is 4.79 Å². The molecule has 0 aliphatic rings. The first-order valence-electron chi connectivity index (χ1n) is 8.39. The highest BCUT2D eigenvalue weighted by Gasteiger charge is 2.20. The van der Waals surface area contributed by atoms with Crippen LogP contribution in [0.25, 0.3) is 10.9 Å². The molecule has 0 amide bonds. The maximum atomic E-state index is 12.4. The number of nitrogens with zero attached hydrogens (tertiary/aromatic N) is 1. The Hall–Kier alpha value is -1.31. The van der Waals surface area contributed by atoms with Gasteiger partial charge < -0.3 is 18.8 Å². The first kappa shape index (κ1) is 20.0. The van der Waals surface area contributed by atoms with Gasteiger partial charge in [-0.15, -0.1) is 0 Å². The van der Waals surface area contributed by atoms with E-state index in [0.29, 0.717) is 31.4 Å². The predicted molar refractivity (Wildman–Crippen MR) is 106 cm³/mol. The van der Waals surface area contributed by atoms with Gasteiger partial charge in [-0.1, -0.05) is 19.6 Å². The molecule has 7 heteroatoms. The van der Waals surface area contributed by atoms with Gasteiger partial charge in [0.2, 0.25) is 0 Å². The summed E-state index contributed by atoms with van der Waals surface area (Å²) in [6.45, 7) is 10.1. The number of aromatic nitrogens is 1. The van der Waals surface area contributed by atoms with E-state index in [1.807, 2.05) is 16.7 Å². The third kappa shape index (κ3) is 4.86. The lowest BCUT2D eigenvalue weighted by Crippen LogP contribution is -2.22. The van der Waals surface area contributed by atoms with Gasteiger partial charge in [-0.05, 0) is 47.1 Å². The predicted octanol–water partition coefficient (Wildman–Crippen LogP) is 4.90. The molecule has 0 N–H and O–H groups in total. The second kappa shape index (κ2) is 8.38. The molecule has 0 aliphatic carbocycles. The summed E-state index contributed by atoms with van der Waals surface area (Å²) >= 11 is 3.49. The number of carbonyl (C=O) groups is 1. The highest BCUT2D eigenvalue weighted by molar-refractivity contribution is 9.10. The van der Waals surface area contributed by atoms with Crippen LogP contribution in [0.4, 0.5) is 0 Å². The number of benzene rings is 1. The van der Waals surface area contributed by atoms with Crippen molar-refractivity contribution < 1.29 is 19.0 Å². The summed E-state index contributed by atoms with van der Waals surface area (Å²) in [5.41, 5.74) is 1.36. The standard InChI is InChI=1S/C18H26BrNO4Si/c1-6-24-18(21)16-11-13-15(8-7-14(19)17(13)22-2)20(16)12-23-9-10-25(3,4)5/h7-8,11H,6,9-10,12H2,1-5H3. The minimum absolute atomic E-state index is 0.312. The van der Waals surface area contributed by atoms with Crippen LogP contribution in [-0.2, 0) is 16.2 Å². The number of methoxy groups -OCH3 is 1. The quantitative estimate of drug-likeness (QED) is 0.341. The van der Waals surface area contributed by atoms with Crippen LogP contribution < -0.4 is 4.74 Å². The molecule has 0 saturated heterocycles. The SMILES string of the molecule is CCOC(=O)c1cc2c(OC)c(Br)ccc2n1COCC[Si](C)(C)C. The lowest BCUT2D eigenvalue weighted by atomic mass is 10.2. The second-order valence-electron chi connectivity index (χ2n) is 7.04. The summed E-state index contributed by atoms with van der Waals surface area (Å²) in [5, 5.41) is 0.855. The van der Waals surface area contributed by atoms with Crippen molar-refractivity contribution in [3.63, 3.8) is 0 Å². The Labute approximate surface area is 158 Å². The molecule has 1 aromatic carbocycles. The van der Waals surface area contributed by atoms with Gasteiger partial charge in [0.1, 0.15) is 18.2 Å². The highest BCUT2D eigenvalue weighted by Crippen LogP contribution is 2.35. The summed E-state index contributed by atoms with van der Waals surface area (Å²) in [6, 6.07) is 6.75. The molecule has 0 saturated carbocycles. The van der Waals surface area contributed by atoms with Crippen LogP contribution in [0.2, 0.25) is 25.7 Å². The Bertz CT molecular complexity index is 752. The van der Waals surface area contributed by atoms with Crippen molar-refractivity contribution in [3.8, 4) is 5.75 Å². The third-order valence-corrected chi connectivity index (χ3v) is 6.22. The smallest absolute Gasteiger partial charge is 0.355 e. The van der Waals surface area contributed by atoms with Crippen molar-refractivity contribution >= 4 is 40.9 Å². The fourth-order valence-corrected chi connectivity index (χ4v) is 3.80. The lowest BCUT2D eigenvalue weighted by Gasteiger charge is -2.16. The maximum Gasteiger partial charge on any atom is 0.355 e. The molecule has 138 valence electrons. The molecular weight excluding hydrogens is 402 g/mol. The van der Waals surface area contributed by atoms with Crippen LogP contribution in [-0.4, -0.2) is 38.9 Å². The van der Waals surface area contributed by atoms with Gasteiger partial charge in [-0.25, -0.2) is 4.79 Å². The van der Waals surface area contributed by atoms with Gasteiger partial charge in [-0.3, -0.25) is 0 Å².